The van der Waals surface area contributed by atoms with Crippen molar-refractivity contribution < 1.29 is 13.2 Å². The molecule has 174 valence electrons. The van der Waals surface area contributed by atoms with E-state index in [4.69, 9.17) is 11.6 Å². The van der Waals surface area contributed by atoms with E-state index in [1.54, 1.807) is 18.3 Å². The third-order valence-corrected chi connectivity index (χ3v) is 5.92. The van der Waals surface area contributed by atoms with Gasteiger partial charge in [-0.05, 0) is 42.7 Å². The molecular formula is C23H18ClF3N6O. The second-order valence-electron chi connectivity index (χ2n) is 8.02. The Hall–Kier alpha value is -3.66. The van der Waals surface area contributed by atoms with Crippen molar-refractivity contribution in [3.63, 3.8) is 0 Å². The van der Waals surface area contributed by atoms with Gasteiger partial charge in [0, 0.05) is 29.0 Å². The van der Waals surface area contributed by atoms with Crippen LogP contribution >= 0.6 is 11.6 Å². The average molecular weight is 487 g/mol. The van der Waals surface area contributed by atoms with E-state index in [9.17, 15) is 18.0 Å². The van der Waals surface area contributed by atoms with Gasteiger partial charge in [0.2, 0.25) is 5.65 Å². The van der Waals surface area contributed by atoms with Crippen molar-refractivity contribution in [2.45, 2.75) is 32.1 Å². The van der Waals surface area contributed by atoms with Crippen molar-refractivity contribution in [2.75, 3.05) is 4.90 Å². The molecule has 1 aliphatic rings. The second kappa shape index (κ2) is 8.28. The highest BCUT2D eigenvalue weighted by atomic mass is 35.5. The molecule has 0 amide bonds. The van der Waals surface area contributed by atoms with Crippen molar-refractivity contribution in [1.29, 1.82) is 0 Å². The Morgan fingerprint density at radius 2 is 1.88 bits per heavy atom. The summed E-state index contributed by atoms with van der Waals surface area (Å²) < 4.78 is 40.8. The maximum absolute atomic E-state index is 13.0. The number of hydrogen-bond acceptors (Lipinski definition) is 5. The highest BCUT2D eigenvalue weighted by Crippen LogP contribution is 2.37. The lowest BCUT2D eigenvalue weighted by molar-refractivity contribution is -0.141. The summed E-state index contributed by atoms with van der Waals surface area (Å²) in [6.07, 6.45) is 2.99. The molecule has 0 spiro atoms. The lowest BCUT2D eigenvalue weighted by atomic mass is 10.1. The molecule has 1 aromatic carbocycles. The van der Waals surface area contributed by atoms with Gasteiger partial charge in [-0.2, -0.15) is 22.8 Å². The summed E-state index contributed by atoms with van der Waals surface area (Å²) in [5, 5.41) is 9.43. The van der Waals surface area contributed by atoms with E-state index >= 15 is 0 Å². The Kier molecular flexibility index (Phi) is 5.40. The number of halogens is 4. The van der Waals surface area contributed by atoms with E-state index in [0.29, 0.717) is 21.9 Å². The van der Waals surface area contributed by atoms with E-state index in [0.717, 1.165) is 29.8 Å². The molecule has 34 heavy (non-hydrogen) atoms. The summed E-state index contributed by atoms with van der Waals surface area (Å²) in [4.78, 5) is 18.5. The number of fused-ring (bicyclic) bond motifs is 1. The van der Waals surface area contributed by atoms with Gasteiger partial charge >= 0.3 is 11.9 Å². The quantitative estimate of drug-likeness (QED) is 0.415. The molecule has 4 aromatic rings. The molecule has 0 radical (unpaired) electrons. The zero-order valence-electron chi connectivity index (χ0n) is 17.9. The van der Waals surface area contributed by atoms with E-state index in [1.807, 2.05) is 29.3 Å². The van der Waals surface area contributed by atoms with Crippen LogP contribution in [0, 0.1) is 0 Å². The molecule has 0 bridgehead atoms. The third-order valence-electron chi connectivity index (χ3n) is 5.67. The van der Waals surface area contributed by atoms with Crippen molar-refractivity contribution in [1.82, 2.24) is 24.4 Å². The number of aromatic nitrogens is 5. The van der Waals surface area contributed by atoms with Gasteiger partial charge in [-0.3, -0.25) is 4.98 Å². The molecule has 0 saturated carbocycles. The third kappa shape index (κ3) is 3.94. The lowest BCUT2D eigenvalue weighted by Crippen LogP contribution is -2.26. The number of benzene rings is 1. The van der Waals surface area contributed by atoms with Gasteiger partial charge in [0.05, 0.1) is 18.4 Å². The van der Waals surface area contributed by atoms with Crippen LogP contribution in [0.5, 0.6) is 0 Å². The van der Waals surface area contributed by atoms with Crippen LogP contribution in [0.1, 0.15) is 24.6 Å². The minimum absolute atomic E-state index is 0.0472. The topological polar surface area (TPSA) is 68.3 Å². The summed E-state index contributed by atoms with van der Waals surface area (Å²) in [7, 11) is 0. The maximum Gasteiger partial charge on any atom is 0.433 e. The van der Waals surface area contributed by atoms with E-state index < -0.39 is 17.6 Å². The highest BCUT2D eigenvalue weighted by molar-refractivity contribution is 6.30. The Bertz CT molecular complexity index is 1440. The summed E-state index contributed by atoms with van der Waals surface area (Å²) in [6.45, 7) is 2.01. The molecule has 5 rings (SSSR count). The predicted molar refractivity (Wildman–Crippen MR) is 122 cm³/mol. The fourth-order valence-corrected chi connectivity index (χ4v) is 4.06. The summed E-state index contributed by atoms with van der Waals surface area (Å²) in [5.41, 5.74) is 1.59. The van der Waals surface area contributed by atoms with Gasteiger partial charge in [-0.1, -0.05) is 35.9 Å². The molecule has 1 atom stereocenters. The SMILES string of the molecule is CC1CC=CN1c1c(-c2ccc(Cl)cc2)cnn2c(=O)n(Cc3ccc(C(F)(F)F)nc3)nc12. The van der Waals surface area contributed by atoms with Crippen LogP contribution in [-0.4, -0.2) is 30.4 Å². The van der Waals surface area contributed by atoms with Crippen LogP contribution in [0.2, 0.25) is 5.02 Å². The van der Waals surface area contributed by atoms with Crippen LogP contribution in [0.4, 0.5) is 18.9 Å². The first kappa shape index (κ1) is 22.1. The van der Waals surface area contributed by atoms with Gasteiger partial charge < -0.3 is 4.90 Å². The zero-order chi connectivity index (χ0) is 24.0. The molecule has 3 aromatic heterocycles. The molecule has 11 heteroatoms. The highest BCUT2D eigenvalue weighted by Gasteiger charge is 2.32. The Morgan fingerprint density at radius 1 is 1.12 bits per heavy atom. The standard InChI is InChI=1S/C23H18ClF3N6O/c1-14-3-2-10-31(14)20-18(16-5-7-17(24)8-6-16)12-29-33-21(20)30-32(22(33)34)13-15-4-9-19(28-11-15)23(25,26)27/h2,4-12,14H,3,13H2,1H3. The van der Waals surface area contributed by atoms with Crippen molar-refractivity contribution in [3.05, 3.63) is 87.8 Å². The van der Waals surface area contributed by atoms with Crippen LogP contribution in [0.3, 0.4) is 0 Å². The summed E-state index contributed by atoms with van der Waals surface area (Å²) in [5.74, 6) is 0. The smallest absolute Gasteiger partial charge is 0.342 e. The molecule has 1 aliphatic heterocycles. The predicted octanol–water partition coefficient (Wildman–Crippen LogP) is 4.79. The molecule has 7 nitrogen and oxygen atoms in total. The Labute approximate surface area is 196 Å². The number of nitrogens with zero attached hydrogens (tertiary/aromatic N) is 6. The number of rotatable bonds is 4. The Morgan fingerprint density at radius 3 is 2.50 bits per heavy atom. The van der Waals surface area contributed by atoms with Crippen LogP contribution in [0.25, 0.3) is 16.8 Å². The minimum Gasteiger partial charge on any atom is -0.342 e. The fraction of sp³-hybridized carbons (Fsp3) is 0.217. The monoisotopic (exact) mass is 486 g/mol. The molecular weight excluding hydrogens is 469 g/mol. The van der Waals surface area contributed by atoms with Crippen LogP contribution in [-0.2, 0) is 12.7 Å². The molecule has 0 saturated heterocycles. The normalized spacial score (nSPS) is 16.0. The molecule has 0 N–H and O–H groups in total. The first-order chi connectivity index (χ1) is 16.2. The zero-order valence-corrected chi connectivity index (χ0v) is 18.6. The molecule has 4 heterocycles. The van der Waals surface area contributed by atoms with Gasteiger partial charge in [-0.15, -0.1) is 5.10 Å². The number of anilines is 1. The fourth-order valence-electron chi connectivity index (χ4n) is 3.93. The summed E-state index contributed by atoms with van der Waals surface area (Å²) >= 11 is 6.05. The van der Waals surface area contributed by atoms with E-state index in [-0.39, 0.29) is 12.6 Å². The minimum atomic E-state index is -4.53. The molecule has 1 unspecified atom stereocenters. The van der Waals surface area contributed by atoms with Gasteiger partial charge in [0.1, 0.15) is 5.69 Å². The average Bonchev–Trinajstić information content (AvgIpc) is 3.36. The second-order valence-corrected chi connectivity index (χ2v) is 8.45. The van der Waals surface area contributed by atoms with Gasteiger partial charge in [0.15, 0.2) is 0 Å². The lowest BCUT2D eigenvalue weighted by Gasteiger charge is -2.25. The largest absolute Gasteiger partial charge is 0.433 e. The maximum atomic E-state index is 13.0. The van der Waals surface area contributed by atoms with Crippen molar-refractivity contribution in [2.24, 2.45) is 0 Å². The van der Waals surface area contributed by atoms with E-state index in [1.165, 1.54) is 15.3 Å². The van der Waals surface area contributed by atoms with E-state index in [2.05, 4.69) is 22.1 Å². The first-order valence-electron chi connectivity index (χ1n) is 10.4. The number of pyridine rings is 1. The Balaban J connectivity index is 1.62. The van der Waals surface area contributed by atoms with Crippen molar-refractivity contribution >= 4 is 22.9 Å². The number of hydrogen-bond donors (Lipinski definition) is 0. The van der Waals surface area contributed by atoms with Gasteiger partial charge in [0.25, 0.3) is 0 Å². The number of alkyl halides is 3. The first-order valence-corrected chi connectivity index (χ1v) is 10.8. The molecule has 0 aliphatic carbocycles. The van der Waals surface area contributed by atoms with Crippen molar-refractivity contribution in [3.8, 4) is 11.1 Å². The van der Waals surface area contributed by atoms with Crippen LogP contribution < -0.4 is 10.6 Å². The summed E-state index contributed by atoms with van der Waals surface area (Å²) in [6, 6.07) is 9.59. The molecule has 0 fully saturated rings. The van der Waals surface area contributed by atoms with Crippen LogP contribution in [0.15, 0.2) is 65.9 Å². The van der Waals surface area contributed by atoms with Gasteiger partial charge in [-0.25, -0.2) is 9.48 Å².